The van der Waals surface area contributed by atoms with Crippen LogP contribution in [-0.2, 0) is 6.54 Å². The maximum atomic E-state index is 13.4. The Morgan fingerprint density at radius 3 is 2.46 bits per heavy atom. The van der Waals surface area contributed by atoms with E-state index >= 15 is 0 Å². The number of hydrogen-bond donors (Lipinski definition) is 0. The molecule has 1 saturated heterocycles. The molecule has 0 radical (unpaired) electrons. The van der Waals surface area contributed by atoms with E-state index in [-0.39, 0.29) is 17.7 Å². The van der Waals surface area contributed by atoms with Crippen LogP contribution in [0.1, 0.15) is 33.2 Å². The molecule has 2 heterocycles. The SMILES string of the molecule is CN1C(=O)c2ccccc2C(=O)[C@@]2(C)CN(Cc3ccccc3Cl)C[C@@H]12. The van der Waals surface area contributed by atoms with Gasteiger partial charge in [0.25, 0.3) is 5.91 Å². The van der Waals surface area contributed by atoms with E-state index in [4.69, 9.17) is 11.6 Å². The highest BCUT2D eigenvalue weighted by atomic mass is 35.5. The number of halogens is 1. The molecule has 4 nitrogen and oxygen atoms in total. The van der Waals surface area contributed by atoms with Gasteiger partial charge in [-0.25, -0.2) is 0 Å². The molecule has 134 valence electrons. The summed E-state index contributed by atoms with van der Waals surface area (Å²) in [6, 6.07) is 14.8. The van der Waals surface area contributed by atoms with Gasteiger partial charge in [0.05, 0.1) is 17.0 Å². The first-order chi connectivity index (χ1) is 12.4. The van der Waals surface area contributed by atoms with Crippen LogP contribution >= 0.6 is 11.6 Å². The molecule has 1 amide bonds. The lowest BCUT2D eigenvalue weighted by molar-refractivity contribution is 0.0606. The summed E-state index contributed by atoms with van der Waals surface area (Å²) < 4.78 is 0. The largest absolute Gasteiger partial charge is 0.336 e. The highest BCUT2D eigenvalue weighted by Gasteiger charge is 2.53. The Kier molecular flexibility index (Phi) is 4.13. The molecule has 2 atom stereocenters. The van der Waals surface area contributed by atoms with Gasteiger partial charge < -0.3 is 4.90 Å². The fourth-order valence-corrected chi connectivity index (χ4v) is 4.54. The molecule has 0 unspecified atom stereocenters. The van der Waals surface area contributed by atoms with E-state index in [9.17, 15) is 9.59 Å². The number of fused-ring (bicyclic) bond motifs is 2. The van der Waals surface area contributed by atoms with Crippen LogP contribution in [0.2, 0.25) is 5.02 Å². The van der Waals surface area contributed by atoms with E-state index in [0.29, 0.717) is 30.8 Å². The molecular weight excluding hydrogens is 348 g/mol. The highest BCUT2D eigenvalue weighted by molar-refractivity contribution is 6.31. The third-order valence-corrected chi connectivity index (χ3v) is 6.15. The van der Waals surface area contributed by atoms with Crippen molar-refractivity contribution >= 4 is 23.3 Å². The predicted octanol–water partition coefficient (Wildman–Crippen LogP) is 3.50. The molecule has 5 heteroatoms. The molecule has 0 spiro atoms. The van der Waals surface area contributed by atoms with Crippen molar-refractivity contribution in [3.8, 4) is 0 Å². The Morgan fingerprint density at radius 1 is 1.08 bits per heavy atom. The van der Waals surface area contributed by atoms with E-state index in [1.54, 1.807) is 24.1 Å². The lowest BCUT2D eigenvalue weighted by Crippen LogP contribution is -2.47. The van der Waals surface area contributed by atoms with Crippen molar-refractivity contribution in [1.82, 2.24) is 9.80 Å². The maximum absolute atomic E-state index is 13.4. The molecule has 2 aliphatic rings. The van der Waals surface area contributed by atoms with Crippen LogP contribution in [0.3, 0.4) is 0 Å². The summed E-state index contributed by atoms with van der Waals surface area (Å²) >= 11 is 6.31. The van der Waals surface area contributed by atoms with Crippen molar-refractivity contribution in [2.24, 2.45) is 5.41 Å². The number of hydrogen-bond acceptors (Lipinski definition) is 3. The van der Waals surface area contributed by atoms with E-state index in [1.165, 1.54) is 0 Å². The number of carbonyl (C=O) groups is 2. The number of ketones is 1. The average Bonchev–Trinajstić information content (AvgIpc) is 2.97. The van der Waals surface area contributed by atoms with Crippen molar-refractivity contribution in [2.45, 2.75) is 19.5 Å². The monoisotopic (exact) mass is 368 g/mol. The third kappa shape index (κ3) is 2.56. The van der Waals surface area contributed by atoms with Crippen molar-refractivity contribution in [1.29, 1.82) is 0 Å². The molecule has 26 heavy (non-hydrogen) atoms. The van der Waals surface area contributed by atoms with E-state index in [1.807, 2.05) is 43.3 Å². The summed E-state index contributed by atoms with van der Waals surface area (Å²) in [5, 5.41) is 0.728. The van der Waals surface area contributed by atoms with Crippen LogP contribution in [-0.4, -0.2) is 47.7 Å². The molecule has 2 aromatic carbocycles. The van der Waals surface area contributed by atoms with Crippen molar-refractivity contribution in [3.05, 3.63) is 70.2 Å². The number of likely N-dealkylation sites (N-methyl/N-ethyl adjacent to an activating group) is 1. The lowest BCUT2D eigenvalue weighted by Gasteiger charge is -2.32. The van der Waals surface area contributed by atoms with E-state index in [2.05, 4.69) is 4.90 Å². The molecule has 2 aromatic rings. The minimum Gasteiger partial charge on any atom is -0.336 e. The minimum absolute atomic E-state index is 0.0532. The van der Waals surface area contributed by atoms with E-state index in [0.717, 1.165) is 10.6 Å². The van der Waals surface area contributed by atoms with E-state index < -0.39 is 5.41 Å². The summed E-state index contributed by atoms with van der Waals surface area (Å²) in [6.45, 7) is 3.92. The molecule has 4 rings (SSSR count). The van der Waals surface area contributed by atoms with Crippen LogP contribution in [0.5, 0.6) is 0 Å². The summed E-state index contributed by atoms with van der Waals surface area (Å²) in [4.78, 5) is 30.3. The first-order valence-corrected chi connectivity index (χ1v) is 9.16. The standard InChI is InChI=1S/C21H21ClN2O2/c1-21-13-24(11-14-7-3-6-10-17(14)22)12-18(21)23(2)20(26)16-9-5-4-8-15(16)19(21)25/h3-10,18H,11-13H2,1-2H3/t18-,21+/m1/s1. The Hall–Kier alpha value is -2.17. The molecule has 0 saturated carbocycles. The first-order valence-electron chi connectivity index (χ1n) is 8.78. The lowest BCUT2D eigenvalue weighted by atomic mass is 9.78. The summed E-state index contributed by atoms with van der Waals surface area (Å²) in [5.41, 5.74) is 1.46. The van der Waals surface area contributed by atoms with Crippen LogP contribution in [0.25, 0.3) is 0 Å². The molecular formula is C21H21ClN2O2. The second kappa shape index (κ2) is 6.22. The second-order valence-corrected chi connectivity index (χ2v) is 7.89. The van der Waals surface area contributed by atoms with Gasteiger partial charge >= 0.3 is 0 Å². The van der Waals surface area contributed by atoms with Gasteiger partial charge in [0.15, 0.2) is 5.78 Å². The third-order valence-electron chi connectivity index (χ3n) is 5.78. The van der Waals surface area contributed by atoms with Crippen molar-refractivity contribution in [2.75, 3.05) is 20.1 Å². The molecule has 0 bridgehead atoms. The predicted molar refractivity (Wildman–Crippen MR) is 101 cm³/mol. The van der Waals surface area contributed by atoms with Gasteiger partial charge in [-0.3, -0.25) is 14.5 Å². The van der Waals surface area contributed by atoms with Gasteiger partial charge in [-0.2, -0.15) is 0 Å². The van der Waals surface area contributed by atoms with Gasteiger partial charge in [0.1, 0.15) is 0 Å². The van der Waals surface area contributed by atoms with Gasteiger partial charge in [-0.1, -0.05) is 48.0 Å². The quantitative estimate of drug-likeness (QED) is 0.814. The van der Waals surface area contributed by atoms with Crippen molar-refractivity contribution < 1.29 is 9.59 Å². The first kappa shape index (κ1) is 17.3. The highest BCUT2D eigenvalue weighted by Crippen LogP contribution is 2.41. The van der Waals surface area contributed by atoms with Gasteiger partial charge in [-0.15, -0.1) is 0 Å². The minimum atomic E-state index is -0.627. The van der Waals surface area contributed by atoms with Crippen LogP contribution in [0.4, 0.5) is 0 Å². The number of carbonyl (C=O) groups excluding carboxylic acids is 2. The Bertz CT molecular complexity index is 897. The van der Waals surface area contributed by atoms with Gasteiger partial charge in [0.2, 0.25) is 0 Å². The number of rotatable bonds is 2. The fraction of sp³-hybridized carbons (Fsp3) is 0.333. The number of benzene rings is 2. The zero-order valence-electron chi connectivity index (χ0n) is 14.9. The summed E-state index contributed by atoms with van der Waals surface area (Å²) in [6.07, 6.45) is 0. The molecule has 0 aliphatic carbocycles. The molecule has 1 fully saturated rings. The number of likely N-dealkylation sites (tertiary alicyclic amines) is 1. The zero-order chi connectivity index (χ0) is 18.5. The number of Topliss-reactive ketones (excluding diaryl/α,β-unsaturated/α-hetero) is 1. The van der Waals surface area contributed by atoms with Gasteiger partial charge in [0, 0.05) is 37.3 Å². The van der Waals surface area contributed by atoms with Crippen molar-refractivity contribution in [3.63, 3.8) is 0 Å². The smallest absolute Gasteiger partial charge is 0.254 e. The average molecular weight is 369 g/mol. The normalized spacial score (nSPS) is 25.8. The second-order valence-electron chi connectivity index (χ2n) is 7.49. The summed E-state index contributed by atoms with van der Waals surface area (Å²) in [7, 11) is 1.81. The Labute approximate surface area is 158 Å². The molecule has 2 aliphatic heterocycles. The Balaban J connectivity index is 1.70. The topological polar surface area (TPSA) is 40.6 Å². The van der Waals surface area contributed by atoms with Crippen LogP contribution < -0.4 is 0 Å². The molecule has 0 aromatic heterocycles. The fourth-order valence-electron chi connectivity index (χ4n) is 4.35. The Morgan fingerprint density at radius 2 is 1.73 bits per heavy atom. The number of amides is 1. The molecule has 0 N–H and O–H groups in total. The number of nitrogens with zero attached hydrogens (tertiary/aromatic N) is 2. The summed E-state index contributed by atoms with van der Waals surface area (Å²) in [5.74, 6) is -0.0280. The maximum Gasteiger partial charge on any atom is 0.254 e. The van der Waals surface area contributed by atoms with Crippen LogP contribution in [0, 0.1) is 5.41 Å². The van der Waals surface area contributed by atoms with Crippen LogP contribution in [0.15, 0.2) is 48.5 Å². The van der Waals surface area contributed by atoms with Gasteiger partial charge in [-0.05, 0) is 24.6 Å². The zero-order valence-corrected chi connectivity index (χ0v) is 15.7.